The first-order chi connectivity index (χ1) is 11.5. The number of aliphatic hydroxyl groups is 1. The molecule has 1 saturated heterocycles. The highest BCUT2D eigenvalue weighted by Gasteiger charge is 2.27. The van der Waals surface area contributed by atoms with Gasteiger partial charge in [-0.15, -0.1) is 0 Å². The molecule has 1 heterocycles. The third-order valence-corrected chi connectivity index (χ3v) is 4.30. The molecule has 1 unspecified atom stereocenters. The lowest BCUT2D eigenvalue weighted by Gasteiger charge is -2.32. The predicted octanol–water partition coefficient (Wildman–Crippen LogP) is 1.89. The van der Waals surface area contributed by atoms with Crippen LogP contribution in [-0.2, 0) is 9.53 Å². The number of nitrogens with one attached hydrogen (secondary N) is 1. The van der Waals surface area contributed by atoms with E-state index in [-0.39, 0.29) is 12.5 Å². The van der Waals surface area contributed by atoms with Gasteiger partial charge in [-0.05, 0) is 37.8 Å². The molecule has 0 aliphatic carbocycles. The number of likely N-dealkylation sites (tertiary alicyclic amines) is 1. The van der Waals surface area contributed by atoms with Crippen LogP contribution in [0.15, 0.2) is 24.3 Å². The molecule has 0 radical (unpaired) electrons. The van der Waals surface area contributed by atoms with Crippen molar-refractivity contribution in [3.63, 3.8) is 0 Å². The molecule has 6 nitrogen and oxygen atoms in total. The maximum atomic E-state index is 12.4. The Bertz CT molecular complexity index is 568. The van der Waals surface area contributed by atoms with Gasteiger partial charge in [-0.1, -0.05) is 19.1 Å². The van der Waals surface area contributed by atoms with Gasteiger partial charge in [0.25, 0.3) is 5.91 Å². The Kier molecular flexibility index (Phi) is 6.61. The molecule has 1 atom stereocenters. The number of nitrogens with zero attached hydrogens (tertiary/aromatic N) is 1. The van der Waals surface area contributed by atoms with E-state index in [0.717, 1.165) is 25.9 Å². The number of hydrogen-bond donors (Lipinski definition) is 2. The minimum absolute atomic E-state index is 0.0361. The fourth-order valence-corrected chi connectivity index (χ4v) is 2.77. The van der Waals surface area contributed by atoms with Gasteiger partial charge in [-0.25, -0.2) is 4.79 Å². The number of ether oxygens (including phenoxy) is 1. The summed E-state index contributed by atoms with van der Waals surface area (Å²) in [6, 6.07) is 6.91. The lowest BCUT2D eigenvalue weighted by molar-refractivity contribution is -0.141. The molecule has 2 rings (SSSR count). The second-order valence-corrected chi connectivity index (χ2v) is 6.25. The summed E-state index contributed by atoms with van der Waals surface area (Å²) >= 11 is 0. The van der Waals surface area contributed by atoms with Crippen molar-refractivity contribution in [2.75, 3.05) is 31.6 Å². The number of benzene rings is 1. The van der Waals surface area contributed by atoms with Crippen LogP contribution in [0, 0.1) is 5.92 Å². The zero-order valence-electron chi connectivity index (χ0n) is 14.3. The van der Waals surface area contributed by atoms with Gasteiger partial charge in [0.15, 0.2) is 6.10 Å². The van der Waals surface area contributed by atoms with Gasteiger partial charge < -0.3 is 20.1 Å². The standard InChI is InChI=1S/C18H26N2O4/c1-13-7-10-20(11-8-13)17(22)14(2)24-18(23)15-5-3-4-6-16(15)19-9-12-21/h3-6,13-14,19,21H,7-12H2,1-2H3. The van der Waals surface area contributed by atoms with Crippen molar-refractivity contribution in [2.45, 2.75) is 32.8 Å². The van der Waals surface area contributed by atoms with Gasteiger partial charge >= 0.3 is 5.97 Å². The number of esters is 1. The monoisotopic (exact) mass is 334 g/mol. The fourth-order valence-electron chi connectivity index (χ4n) is 2.77. The number of carbonyl (C=O) groups excluding carboxylic acids is 2. The molecule has 24 heavy (non-hydrogen) atoms. The highest BCUT2D eigenvalue weighted by Crippen LogP contribution is 2.19. The van der Waals surface area contributed by atoms with Crippen LogP contribution < -0.4 is 5.32 Å². The summed E-state index contributed by atoms with van der Waals surface area (Å²) in [7, 11) is 0. The van der Waals surface area contributed by atoms with E-state index in [9.17, 15) is 9.59 Å². The molecule has 0 spiro atoms. The Hall–Kier alpha value is -2.08. The molecular weight excluding hydrogens is 308 g/mol. The second kappa shape index (κ2) is 8.68. The van der Waals surface area contributed by atoms with Crippen LogP contribution >= 0.6 is 0 Å². The van der Waals surface area contributed by atoms with Crippen LogP contribution in [-0.4, -0.2) is 54.2 Å². The first-order valence-corrected chi connectivity index (χ1v) is 8.46. The third-order valence-electron chi connectivity index (χ3n) is 4.30. The summed E-state index contributed by atoms with van der Waals surface area (Å²) in [4.78, 5) is 26.6. The summed E-state index contributed by atoms with van der Waals surface area (Å²) in [5.74, 6) is -0.0466. The number of rotatable bonds is 6. The molecule has 1 aromatic rings. The Balaban J connectivity index is 1.97. The van der Waals surface area contributed by atoms with Gasteiger partial charge in [-0.3, -0.25) is 4.79 Å². The van der Waals surface area contributed by atoms with E-state index in [1.807, 2.05) is 0 Å². The van der Waals surface area contributed by atoms with Crippen LogP contribution in [0.25, 0.3) is 0 Å². The predicted molar refractivity (Wildman–Crippen MR) is 91.9 cm³/mol. The molecule has 6 heteroatoms. The van der Waals surface area contributed by atoms with E-state index in [0.29, 0.717) is 23.7 Å². The quantitative estimate of drug-likeness (QED) is 0.777. The summed E-state index contributed by atoms with van der Waals surface area (Å²) in [5, 5.41) is 11.9. The number of anilines is 1. The average molecular weight is 334 g/mol. The highest BCUT2D eigenvalue weighted by atomic mass is 16.5. The molecule has 132 valence electrons. The topological polar surface area (TPSA) is 78.9 Å². The second-order valence-electron chi connectivity index (χ2n) is 6.25. The third kappa shape index (κ3) is 4.71. The zero-order valence-corrected chi connectivity index (χ0v) is 14.3. The molecule has 0 saturated carbocycles. The van der Waals surface area contributed by atoms with Crippen LogP contribution in [0.5, 0.6) is 0 Å². The molecule has 1 aliphatic rings. The Labute approximate surface area is 142 Å². The highest BCUT2D eigenvalue weighted by molar-refractivity contribution is 5.97. The molecule has 2 N–H and O–H groups in total. The van der Waals surface area contributed by atoms with Crippen molar-refractivity contribution in [1.82, 2.24) is 4.90 Å². The molecular formula is C18H26N2O4. The Morgan fingerprint density at radius 1 is 1.33 bits per heavy atom. The first-order valence-electron chi connectivity index (χ1n) is 8.46. The number of carbonyl (C=O) groups is 2. The lowest BCUT2D eigenvalue weighted by Crippen LogP contribution is -2.44. The van der Waals surface area contributed by atoms with E-state index in [2.05, 4.69) is 12.2 Å². The molecule has 1 aromatic carbocycles. The van der Waals surface area contributed by atoms with E-state index in [4.69, 9.17) is 9.84 Å². The van der Waals surface area contributed by atoms with Crippen LogP contribution in [0.3, 0.4) is 0 Å². The SMILES string of the molecule is CC1CCN(C(=O)C(C)OC(=O)c2ccccc2NCCO)CC1. The lowest BCUT2D eigenvalue weighted by atomic mass is 9.99. The maximum absolute atomic E-state index is 12.4. The summed E-state index contributed by atoms with van der Waals surface area (Å²) in [5.41, 5.74) is 0.945. The van der Waals surface area contributed by atoms with E-state index >= 15 is 0 Å². The van der Waals surface area contributed by atoms with Crippen molar-refractivity contribution >= 4 is 17.6 Å². The molecule has 1 amide bonds. The number of amides is 1. The van der Waals surface area contributed by atoms with E-state index in [1.54, 1.807) is 36.1 Å². The minimum atomic E-state index is -0.809. The van der Waals surface area contributed by atoms with E-state index in [1.165, 1.54) is 0 Å². The van der Waals surface area contributed by atoms with Gasteiger partial charge in [0.05, 0.1) is 12.2 Å². The summed E-state index contributed by atoms with van der Waals surface area (Å²) in [6.45, 7) is 5.53. The van der Waals surface area contributed by atoms with Crippen molar-refractivity contribution in [2.24, 2.45) is 5.92 Å². The van der Waals surface area contributed by atoms with Gasteiger partial charge in [0, 0.05) is 25.3 Å². The largest absolute Gasteiger partial charge is 0.449 e. The summed E-state index contributed by atoms with van der Waals surface area (Å²) < 4.78 is 5.37. The Morgan fingerprint density at radius 2 is 2.00 bits per heavy atom. The van der Waals surface area contributed by atoms with Gasteiger partial charge in [-0.2, -0.15) is 0 Å². The van der Waals surface area contributed by atoms with Crippen LogP contribution in [0.4, 0.5) is 5.69 Å². The Morgan fingerprint density at radius 3 is 2.67 bits per heavy atom. The van der Waals surface area contributed by atoms with Crippen molar-refractivity contribution < 1.29 is 19.4 Å². The average Bonchev–Trinajstić information content (AvgIpc) is 2.60. The summed E-state index contributed by atoms with van der Waals surface area (Å²) in [6.07, 6.45) is 1.16. The number of hydrogen-bond acceptors (Lipinski definition) is 5. The molecule has 1 aliphatic heterocycles. The number of para-hydroxylation sites is 1. The van der Waals surface area contributed by atoms with Gasteiger partial charge in [0.1, 0.15) is 0 Å². The normalized spacial score (nSPS) is 16.5. The van der Waals surface area contributed by atoms with Crippen molar-refractivity contribution in [3.05, 3.63) is 29.8 Å². The van der Waals surface area contributed by atoms with Crippen LogP contribution in [0.1, 0.15) is 37.0 Å². The smallest absolute Gasteiger partial charge is 0.341 e. The molecule has 0 bridgehead atoms. The number of aliphatic hydroxyl groups excluding tert-OH is 1. The minimum Gasteiger partial charge on any atom is -0.449 e. The van der Waals surface area contributed by atoms with Crippen molar-refractivity contribution in [1.29, 1.82) is 0 Å². The maximum Gasteiger partial charge on any atom is 0.341 e. The first kappa shape index (κ1) is 18.3. The molecule has 0 aromatic heterocycles. The van der Waals surface area contributed by atoms with E-state index < -0.39 is 12.1 Å². The van der Waals surface area contributed by atoms with Crippen LogP contribution in [0.2, 0.25) is 0 Å². The fraction of sp³-hybridized carbons (Fsp3) is 0.556. The van der Waals surface area contributed by atoms with Crippen molar-refractivity contribution in [3.8, 4) is 0 Å². The molecule has 1 fully saturated rings. The number of piperidine rings is 1. The van der Waals surface area contributed by atoms with Gasteiger partial charge in [0.2, 0.25) is 0 Å². The zero-order chi connectivity index (χ0) is 17.5.